The van der Waals surface area contributed by atoms with E-state index in [1.807, 2.05) is 32.0 Å². The molecule has 1 aromatic rings. The van der Waals surface area contributed by atoms with E-state index in [2.05, 4.69) is 15.6 Å². The number of sulfone groups is 1. The number of nitrogens with one attached hydrogen (secondary N) is 2. The molecular weight excluding hydrogens is 507 g/mol. The van der Waals surface area contributed by atoms with Crippen LogP contribution in [0.2, 0.25) is 0 Å². The van der Waals surface area contributed by atoms with Gasteiger partial charge in [-0.3, -0.25) is 4.79 Å². The summed E-state index contributed by atoms with van der Waals surface area (Å²) in [5.41, 5.74) is 0.941. The standard InChI is InChI=1S/C19H32N4O4S.HI/c1-6-20-19(22-15(2)10-11-28(5,25)26)21-13-16-8-7-9-17(12-16)27-14-18(24)23(3)4;/h7-9,12,15H,6,10-11,13-14H2,1-5H3,(H2,20,21,22);1H. The molecule has 0 radical (unpaired) electrons. The van der Waals surface area contributed by atoms with Crippen LogP contribution in [0, 0.1) is 0 Å². The average molecular weight is 540 g/mol. The van der Waals surface area contributed by atoms with Crippen LogP contribution in [0.15, 0.2) is 29.3 Å². The van der Waals surface area contributed by atoms with Crippen LogP contribution in [0.4, 0.5) is 0 Å². The van der Waals surface area contributed by atoms with Crippen LogP contribution in [-0.2, 0) is 21.2 Å². The quantitative estimate of drug-likeness (QED) is 0.266. The predicted octanol–water partition coefficient (Wildman–Crippen LogP) is 1.65. The van der Waals surface area contributed by atoms with Gasteiger partial charge in [0.05, 0.1) is 12.3 Å². The summed E-state index contributed by atoms with van der Waals surface area (Å²) in [7, 11) is 0.381. The van der Waals surface area contributed by atoms with Crippen LogP contribution in [0.3, 0.4) is 0 Å². The first kappa shape index (κ1) is 27.4. The lowest BCUT2D eigenvalue weighted by Gasteiger charge is -2.17. The minimum absolute atomic E-state index is 0. The molecule has 0 fully saturated rings. The maximum absolute atomic E-state index is 11.6. The lowest BCUT2D eigenvalue weighted by atomic mass is 10.2. The Labute approximate surface area is 191 Å². The summed E-state index contributed by atoms with van der Waals surface area (Å²) >= 11 is 0. The predicted molar refractivity (Wildman–Crippen MR) is 128 cm³/mol. The van der Waals surface area contributed by atoms with Crippen molar-refractivity contribution in [2.75, 3.05) is 39.3 Å². The van der Waals surface area contributed by atoms with Crippen LogP contribution in [0.25, 0.3) is 0 Å². The number of hydrogen-bond acceptors (Lipinski definition) is 5. The van der Waals surface area contributed by atoms with Crippen molar-refractivity contribution in [3.8, 4) is 5.75 Å². The molecule has 1 aromatic carbocycles. The van der Waals surface area contributed by atoms with E-state index in [9.17, 15) is 13.2 Å². The number of ether oxygens (including phenoxy) is 1. The van der Waals surface area contributed by atoms with E-state index >= 15 is 0 Å². The first-order chi connectivity index (χ1) is 13.1. The molecule has 166 valence electrons. The molecule has 1 unspecified atom stereocenters. The molecule has 0 spiro atoms. The normalized spacial score (nSPS) is 12.5. The van der Waals surface area contributed by atoms with Gasteiger partial charge in [0.25, 0.3) is 5.91 Å². The van der Waals surface area contributed by atoms with Gasteiger partial charge < -0.3 is 20.3 Å². The van der Waals surface area contributed by atoms with Gasteiger partial charge in [-0.05, 0) is 38.0 Å². The van der Waals surface area contributed by atoms with Gasteiger partial charge in [-0.2, -0.15) is 0 Å². The Hall–Kier alpha value is -1.56. The molecule has 0 bridgehead atoms. The van der Waals surface area contributed by atoms with Gasteiger partial charge in [-0.1, -0.05) is 12.1 Å². The third kappa shape index (κ3) is 12.6. The first-order valence-electron chi connectivity index (χ1n) is 9.25. The summed E-state index contributed by atoms with van der Waals surface area (Å²) in [6.45, 7) is 5.00. The largest absolute Gasteiger partial charge is 0.484 e. The van der Waals surface area contributed by atoms with Crippen molar-refractivity contribution in [3.63, 3.8) is 0 Å². The molecule has 10 heteroatoms. The van der Waals surface area contributed by atoms with Crippen molar-refractivity contribution in [1.29, 1.82) is 0 Å². The molecule has 1 rings (SSSR count). The van der Waals surface area contributed by atoms with Gasteiger partial charge in [-0.25, -0.2) is 13.4 Å². The first-order valence-corrected chi connectivity index (χ1v) is 11.3. The zero-order chi connectivity index (χ0) is 21.2. The molecule has 0 saturated carbocycles. The third-order valence-corrected chi connectivity index (χ3v) is 4.81. The molecule has 1 atom stereocenters. The Balaban J connectivity index is 0.00000784. The Kier molecular flexibility index (Phi) is 12.9. The highest BCUT2D eigenvalue weighted by atomic mass is 127. The summed E-state index contributed by atoms with van der Waals surface area (Å²) < 4.78 is 28.2. The number of carbonyl (C=O) groups is 1. The van der Waals surface area contributed by atoms with Gasteiger partial charge in [0.2, 0.25) is 0 Å². The summed E-state index contributed by atoms with van der Waals surface area (Å²) in [6.07, 6.45) is 1.74. The fraction of sp³-hybridized carbons (Fsp3) is 0.579. The van der Waals surface area contributed by atoms with E-state index in [1.54, 1.807) is 20.2 Å². The second kappa shape index (κ2) is 13.6. The van der Waals surface area contributed by atoms with E-state index < -0.39 is 9.84 Å². The number of aliphatic imine (C=N–C) groups is 1. The number of amides is 1. The average Bonchev–Trinajstić information content (AvgIpc) is 2.62. The number of halogens is 1. The Bertz CT molecular complexity index is 769. The van der Waals surface area contributed by atoms with Crippen LogP contribution in [-0.4, -0.2) is 70.5 Å². The van der Waals surface area contributed by atoms with Crippen LogP contribution in [0.5, 0.6) is 5.75 Å². The van der Waals surface area contributed by atoms with Crippen LogP contribution < -0.4 is 15.4 Å². The van der Waals surface area contributed by atoms with Crippen molar-refractivity contribution in [1.82, 2.24) is 15.5 Å². The lowest BCUT2D eigenvalue weighted by molar-refractivity contribution is -0.130. The van der Waals surface area contributed by atoms with Crippen molar-refractivity contribution >= 4 is 45.7 Å². The Morgan fingerprint density at radius 1 is 1.31 bits per heavy atom. The van der Waals surface area contributed by atoms with Crippen molar-refractivity contribution in [2.45, 2.75) is 32.9 Å². The molecular formula is C19H33IN4O4S. The van der Waals surface area contributed by atoms with Crippen molar-refractivity contribution < 1.29 is 17.9 Å². The summed E-state index contributed by atoms with van der Waals surface area (Å²) in [5.74, 6) is 1.26. The Morgan fingerprint density at radius 2 is 2.00 bits per heavy atom. The zero-order valence-corrected chi connectivity index (χ0v) is 20.9. The number of nitrogens with zero attached hydrogens (tertiary/aromatic N) is 2. The van der Waals surface area contributed by atoms with Crippen molar-refractivity contribution in [3.05, 3.63) is 29.8 Å². The maximum atomic E-state index is 11.6. The maximum Gasteiger partial charge on any atom is 0.259 e. The minimum Gasteiger partial charge on any atom is -0.484 e. The van der Waals surface area contributed by atoms with Gasteiger partial charge in [0.15, 0.2) is 12.6 Å². The van der Waals surface area contributed by atoms with Crippen molar-refractivity contribution in [2.24, 2.45) is 4.99 Å². The van der Waals surface area contributed by atoms with Gasteiger partial charge >= 0.3 is 0 Å². The highest BCUT2D eigenvalue weighted by molar-refractivity contribution is 14.0. The van der Waals surface area contributed by atoms with Crippen LogP contribution in [0.1, 0.15) is 25.8 Å². The number of carbonyl (C=O) groups excluding carboxylic acids is 1. The van der Waals surface area contributed by atoms with E-state index in [-0.39, 0.29) is 48.3 Å². The number of rotatable bonds is 10. The molecule has 0 aliphatic rings. The minimum atomic E-state index is -2.99. The second-order valence-corrected chi connectivity index (χ2v) is 9.14. The smallest absolute Gasteiger partial charge is 0.259 e. The van der Waals surface area contributed by atoms with E-state index in [4.69, 9.17) is 4.74 Å². The molecule has 0 aliphatic heterocycles. The SMILES string of the molecule is CCNC(=NCc1cccc(OCC(=O)N(C)C)c1)NC(C)CCS(C)(=O)=O.I. The highest BCUT2D eigenvalue weighted by Crippen LogP contribution is 2.14. The molecule has 0 aliphatic carbocycles. The molecule has 29 heavy (non-hydrogen) atoms. The molecule has 0 heterocycles. The van der Waals surface area contributed by atoms with E-state index in [0.29, 0.717) is 31.2 Å². The van der Waals surface area contributed by atoms with Gasteiger partial charge in [-0.15, -0.1) is 24.0 Å². The number of benzene rings is 1. The summed E-state index contributed by atoms with van der Waals surface area (Å²) in [6, 6.07) is 7.41. The van der Waals surface area contributed by atoms with E-state index in [0.717, 1.165) is 5.56 Å². The number of guanidine groups is 1. The zero-order valence-electron chi connectivity index (χ0n) is 17.8. The third-order valence-electron chi connectivity index (χ3n) is 3.83. The molecule has 0 aromatic heterocycles. The highest BCUT2D eigenvalue weighted by Gasteiger charge is 2.10. The number of hydrogen-bond donors (Lipinski definition) is 2. The molecule has 2 N–H and O–H groups in total. The van der Waals surface area contributed by atoms with E-state index in [1.165, 1.54) is 11.2 Å². The van der Waals surface area contributed by atoms with Gasteiger partial charge in [0.1, 0.15) is 15.6 Å². The summed E-state index contributed by atoms with van der Waals surface area (Å²) in [4.78, 5) is 17.7. The van der Waals surface area contributed by atoms with Crippen LogP contribution >= 0.6 is 24.0 Å². The van der Waals surface area contributed by atoms with Gasteiger partial charge in [0, 0.05) is 32.9 Å². The molecule has 8 nitrogen and oxygen atoms in total. The topological polar surface area (TPSA) is 100 Å². The molecule has 0 saturated heterocycles. The molecule has 1 amide bonds. The fourth-order valence-electron chi connectivity index (χ4n) is 2.19. The monoisotopic (exact) mass is 540 g/mol. The second-order valence-electron chi connectivity index (χ2n) is 6.88. The summed E-state index contributed by atoms with van der Waals surface area (Å²) in [5, 5.41) is 6.38. The lowest BCUT2D eigenvalue weighted by Crippen LogP contribution is -2.42. The number of likely N-dealkylation sites (N-methyl/N-ethyl adjacent to an activating group) is 1. The Morgan fingerprint density at radius 3 is 2.59 bits per heavy atom. The fourth-order valence-corrected chi connectivity index (χ4v) is 2.98.